The van der Waals surface area contributed by atoms with Crippen molar-refractivity contribution in [1.29, 1.82) is 0 Å². The van der Waals surface area contributed by atoms with Crippen molar-refractivity contribution in [3.05, 3.63) is 68.7 Å². The molecule has 7 heteroatoms. The first-order valence-corrected chi connectivity index (χ1v) is 6.10. The van der Waals surface area contributed by atoms with Crippen molar-refractivity contribution in [3.63, 3.8) is 0 Å². The smallest absolute Gasteiger partial charge is 0.343 e. The average Bonchev–Trinajstić information content (AvgIpc) is 2.48. The molecular formula is C14H8ClNO5. The number of hydrogen-bond acceptors (Lipinski definition) is 5. The van der Waals surface area contributed by atoms with Crippen LogP contribution in [0.5, 0.6) is 5.75 Å². The van der Waals surface area contributed by atoms with Crippen LogP contribution < -0.4 is 4.74 Å². The molecule has 0 atom stereocenters. The summed E-state index contributed by atoms with van der Waals surface area (Å²) in [6.45, 7) is 0. The molecule has 2 aromatic rings. The molecule has 0 amide bonds. The number of nitro benzene ring substituents is 1. The highest BCUT2D eigenvalue weighted by Crippen LogP contribution is 2.23. The second kappa shape index (κ2) is 6.15. The van der Waals surface area contributed by atoms with E-state index < -0.39 is 10.9 Å². The summed E-state index contributed by atoms with van der Waals surface area (Å²) in [5, 5.41) is 11.1. The summed E-state index contributed by atoms with van der Waals surface area (Å²) < 4.78 is 5.06. The highest BCUT2D eigenvalue weighted by molar-refractivity contribution is 6.30. The fraction of sp³-hybridized carbons (Fsp3) is 0. The van der Waals surface area contributed by atoms with E-state index in [0.29, 0.717) is 11.3 Å². The molecule has 0 saturated heterocycles. The molecule has 21 heavy (non-hydrogen) atoms. The van der Waals surface area contributed by atoms with Gasteiger partial charge in [-0.15, -0.1) is 0 Å². The van der Waals surface area contributed by atoms with Gasteiger partial charge in [-0.1, -0.05) is 11.6 Å². The molecule has 0 unspecified atom stereocenters. The van der Waals surface area contributed by atoms with E-state index in [9.17, 15) is 19.7 Å². The Labute approximate surface area is 124 Å². The Kier molecular flexibility index (Phi) is 4.30. The minimum absolute atomic E-state index is 0.0458. The molecule has 0 N–H and O–H groups in total. The predicted molar refractivity (Wildman–Crippen MR) is 74.9 cm³/mol. The fourth-order valence-electron chi connectivity index (χ4n) is 1.58. The maximum Gasteiger partial charge on any atom is 0.343 e. The Bertz CT molecular complexity index is 712. The van der Waals surface area contributed by atoms with Gasteiger partial charge in [0.05, 0.1) is 16.1 Å². The van der Waals surface area contributed by atoms with Gasteiger partial charge in [0.1, 0.15) is 5.75 Å². The predicted octanol–water partition coefficient (Wildman–Crippen LogP) is 3.28. The number of ether oxygens (including phenoxy) is 1. The standard InChI is InChI=1S/C14H8ClNO5/c15-11-3-1-9(2-4-11)14(18)21-13-6-5-12(16(19)20)7-10(13)8-17/h1-8H. The minimum atomic E-state index is -0.691. The van der Waals surface area contributed by atoms with Gasteiger partial charge in [0.15, 0.2) is 6.29 Å². The number of nitrogens with zero attached hydrogens (tertiary/aromatic N) is 1. The zero-order valence-corrected chi connectivity index (χ0v) is 11.2. The van der Waals surface area contributed by atoms with Gasteiger partial charge in [-0.25, -0.2) is 4.79 Å². The summed E-state index contributed by atoms with van der Waals surface area (Å²) in [4.78, 5) is 32.8. The Hall–Kier alpha value is -2.73. The minimum Gasteiger partial charge on any atom is -0.422 e. The third-order valence-electron chi connectivity index (χ3n) is 2.61. The van der Waals surface area contributed by atoms with Crippen molar-refractivity contribution in [2.45, 2.75) is 0 Å². The van der Waals surface area contributed by atoms with Crippen LogP contribution in [0, 0.1) is 10.1 Å². The van der Waals surface area contributed by atoms with Crippen LogP contribution >= 0.6 is 11.6 Å². The van der Waals surface area contributed by atoms with Crippen LogP contribution in [0.15, 0.2) is 42.5 Å². The normalized spacial score (nSPS) is 9.95. The quantitative estimate of drug-likeness (QED) is 0.284. The van der Waals surface area contributed by atoms with E-state index in [2.05, 4.69) is 0 Å². The number of carbonyl (C=O) groups excluding carboxylic acids is 2. The largest absolute Gasteiger partial charge is 0.422 e. The lowest BCUT2D eigenvalue weighted by molar-refractivity contribution is -0.384. The monoisotopic (exact) mass is 305 g/mol. The molecule has 0 aliphatic carbocycles. The van der Waals surface area contributed by atoms with Gasteiger partial charge in [0, 0.05) is 17.2 Å². The van der Waals surface area contributed by atoms with Crippen molar-refractivity contribution in [2.24, 2.45) is 0 Å². The zero-order valence-electron chi connectivity index (χ0n) is 10.5. The average molecular weight is 306 g/mol. The van der Waals surface area contributed by atoms with E-state index in [1.165, 1.54) is 30.3 Å². The van der Waals surface area contributed by atoms with Crippen molar-refractivity contribution < 1.29 is 19.2 Å². The van der Waals surface area contributed by atoms with Gasteiger partial charge in [0.2, 0.25) is 0 Å². The molecule has 0 saturated carbocycles. The summed E-state index contributed by atoms with van der Waals surface area (Å²) in [5.74, 6) is -0.737. The lowest BCUT2D eigenvalue weighted by Crippen LogP contribution is -2.09. The molecule has 6 nitrogen and oxygen atoms in total. The Balaban J connectivity index is 2.26. The molecule has 0 heterocycles. The van der Waals surface area contributed by atoms with E-state index in [-0.39, 0.29) is 22.6 Å². The molecule has 2 rings (SSSR count). The molecule has 0 aliphatic heterocycles. The lowest BCUT2D eigenvalue weighted by Gasteiger charge is -2.06. The number of nitro groups is 1. The van der Waals surface area contributed by atoms with E-state index in [4.69, 9.17) is 16.3 Å². The first-order chi connectivity index (χ1) is 10.0. The van der Waals surface area contributed by atoms with Crippen molar-refractivity contribution in [2.75, 3.05) is 0 Å². The SMILES string of the molecule is O=Cc1cc([N+](=O)[O-])ccc1OC(=O)c1ccc(Cl)cc1. The van der Waals surface area contributed by atoms with Crippen molar-refractivity contribution >= 4 is 29.5 Å². The summed E-state index contributed by atoms with van der Waals surface area (Å²) in [6, 6.07) is 9.38. The first-order valence-electron chi connectivity index (χ1n) is 5.72. The van der Waals surface area contributed by atoms with Crippen LogP contribution in [0.4, 0.5) is 5.69 Å². The van der Waals surface area contributed by atoms with E-state index in [1.807, 2.05) is 0 Å². The molecule has 0 aliphatic rings. The van der Waals surface area contributed by atoms with Crippen molar-refractivity contribution in [1.82, 2.24) is 0 Å². The van der Waals surface area contributed by atoms with Crippen LogP contribution in [0.25, 0.3) is 0 Å². The highest BCUT2D eigenvalue weighted by Gasteiger charge is 2.15. The van der Waals surface area contributed by atoms with E-state index >= 15 is 0 Å². The Morgan fingerprint density at radius 3 is 2.43 bits per heavy atom. The number of esters is 1. The number of benzene rings is 2. The topological polar surface area (TPSA) is 86.5 Å². The summed E-state index contributed by atoms with van der Waals surface area (Å²) in [5.41, 5.74) is -0.0930. The molecule has 0 spiro atoms. The van der Waals surface area contributed by atoms with Crippen LogP contribution in [0.3, 0.4) is 0 Å². The molecule has 0 radical (unpaired) electrons. The van der Waals surface area contributed by atoms with Gasteiger partial charge in [-0.3, -0.25) is 14.9 Å². The van der Waals surface area contributed by atoms with Gasteiger partial charge in [-0.2, -0.15) is 0 Å². The Morgan fingerprint density at radius 1 is 1.19 bits per heavy atom. The molecule has 106 valence electrons. The summed E-state index contributed by atoms with van der Waals surface area (Å²) in [7, 11) is 0. The maximum absolute atomic E-state index is 11.9. The van der Waals surface area contributed by atoms with Gasteiger partial charge >= 0.3 is 5.97 Å². The Morgan fingerprint density at radius 2 is 1.86 bits per heavy atom. The first kappa shape index (κ1) is 14.7. The molecule has 2 aromatic carbocycles. The van der Waals surface area contributed by atoms with E-state index in [0.717, 1.165) is 12.1 Å². The highest BCUT2D eigenvalue weighted by atomic mass is 35.5. The van der Waals surface area contributed by atoms with Crippen LogP contribution in [-0.2, 0) is 0 Å². The summed E-state index contributed by atoms with van der Waals surface area (Å²) >= 11 is 5.71. The van der Waals surface area contributed by atoms with Crippen LogP contribution in [0.1, 0.15) is 20.7 Å². The zero-order chi connectivity index (χ0) is 15.4. The second-order valence-corrected chi connectivity index (χ2v) is 4.43. The number of hydrogen-bond donors (Lipinski definition) is 0. The number of halogens is 1. The molecule has 0 bridgehead atoms. The van der Waals surface area contributed by atoms with Crippen LogP contribution in [-0.4, -0.2) is 17.2 Å². The van der Waals surface area contributed by atoms with Crippen LogP contribution in [0.2, 0.25) is 5.02 Å². The molecule has 0 aromatic heterocycles. The number of carbonyl (C=O) groups is 2. The van der Waals surface area contributed by atoms with Gasteiger partial charge < -0.3 is 4.74 Å². The third-order valence-corrected chi connectivity index (χ3v) is 2.87. The molecule has 0 fully saturated rings. The number of rotatable bonds is 4. The van der Waals surface area contributed by atoms with E-state index in [1.54, 1.807) is 0 Å². The number of non-ortho nitro benzene ring substituents is 1. The maximum atomic E-state index is 11.9. The molecular weight excluding hydrogens is 298 g/mol. The third kappa shape index (κ3) is 3.43. The lowest BCUT2D eigenvalue weighted by atomic mass is 10.2. The van der Waals surface area contributed by atoms with Gasteiger partial charge in [0.25, 0.3) is 5.69 Å². The van der Waals surface area contributed by atoms with Crippen molar-refractivity contribution in [3.8, 4) is 5.75 Å². The van der Waals surface area contributed by atoms with Gasteiger partial charge in [-0.05, 0) is 30.3 Å². The number of aldehydes is 1. The summed E-state index contributed by atoms with van der Waals surface area (Å²) in [6.07, 6.45) is 0.386. The fourth-order valence-corrected chi connectivity index (χ4v) is 1.71. The second-order valence-electron chi connectivity index (χ2n) is 3.99.